The summed E-state index contributed by atoms with van der Waals surface area (Å²) in [5.74, 6) is -0.143. The summed E-state index contributed by atoms with van der Waals surface area (Å²) in [6.07, 6.45) is 68.7. The Morgan fingerprint density at radius 2 is 0.750 bits per heavy atom. The summed E-state index contributed by atoms with van der Waals surface area (Å²) in [6.45, 7) is 4.93. The molecule has 0 fully saturated rings. The highest BCUT2D eigenvalue weighted by Crippen LogP contribution is 2.43. The molecule has 0 saturated heterocycles. The molecule has 1 amide bonds. The van der Waals surface area contributed by atoms with E-state index in [9.17, 15) is 19.4 Å². The third-order valence-corrected chi connectivity index (χ3v) is 16.0. The summed E-state index contributed by atoms with van der Waals surface area (Å²) in [5, 5.41) is 14.1. The van der Waals surface area contributed by atoms with Gasteiger partial charge in [-0.15, -0.1) is 0 Å². The lowest BCUT2D eigenvalue weighted by molar-refractivity contribution is -0.870. The van der Waals surface area contributed by atoms with Gasteiger partial charge in [-0.2, -0.15) is 0 Å². The smallest absolute Gasteiger partial charge is 0.391 e. The van der Waals surface area contributed by atoms with Gasteiger partial charge in [-0.25, -0.2) is 4.57 Å². The number of rotatable bonds is 60. The molecule has 0 saturated carbocycles. The number of aliphatic hydroxyl groups excluding tert-OH is 1. The van der Waals surface area contributed by atoms with Gasteiger partial charge in [0, 0.05) is 6.42 Å². The third-order valence-electron chi connectivity index (χ3n) is 15.0. The molecule has 430 valence electrons. The standard InChI is InChI=1S/C63H127N2O6P/c1-6-8-10-12-14-16-18-20-22-24-26-27-28-29-30-31-32-33-34-35-36-37-38-39-40-42-44-46-48-50-52-54-56-62(66)61(60-71-72(68,69)70-59-58-65(3,4)5)64-63(67)57-55-53-51-49-47-45-43-41-25-23-21-19-17-15-13-11-9-7-2/h23,25,61-62,66H,6-22,24,26-60H2,1-5H3,(H-,64,67,68,69)/p+1/b25-23-. The van der Waals surface area contributed by atoms with Crippen LogP contribution in [0.25, 0.3) is 0 Å². The number of nitrogens with one attached hydrogen (secondary N) is 1. The molecule has 3 unspecified atom stereocenters. The second-order valence-electron chi connectivity index (χ2n) is 23.5. The van der Waals surface area contributed by atoms with Crippen LogP contribution in [-0.2, 0) is 18.4 Å². The number of unbranched alkanes of at least 4 members (excludes halogenated alkanes) is 45. The van der Waals surface area contributed by atoms with Crippen molar-refractivity contribution >= 4 is 13.7 Å². The molecule has 0 radical (unpaired) electrons. The molecule has 0 aliphatic rings. The second kappa shape index (κ2) is 55.0. The Labute approximate surface area is 450 Å². The number of carbonyl (C=O) groups excluding carboxylic acids is 1. The zero-order chi connectivity index (χ0) is 52.7. The lowest BCUT2D eigenvalue weighted by Crippen LogP contribution is -2.46. The van der Waals surface area contributed by atoms with Crippen LogP contribution in [0.15, 0.2) is 12.2 Å². The number of hydrogen-bond acceptors (Lipinski definition) is 5. The van der Waals surface area contributed by atoms with Crippen LogP contribution in [0.5, 0.6) is 0 Å². The number of phosphoric ester groups is 1. The van der Waals surface area contributed by atoms with E-state index in [1.165, 1.54) is 270 Å². The number of phosphoric acid groups is 1. The second-order valence-corrected chi connectivity index (χ2v) is 25.0. The molecule has 8 nitrogen and oxygen atoms in total. The summed E-state index contributed by atoms with van der Waals surface area (Å²) >= 11 is 0. The summed E-state index contributed by atoms with van der Waals surface area (Å²) in [6, 6.07) is -0.761. The monoisotopic (exact) mass is 1040 g/mol. The zero-order valence-corrected chi connectivity index (χ0v) is 50.1. The quantitative estimate of drug-likeness (QED) is 0.0243. The van der Waals surface area contributed by atoms with Gasteiger partial charge in [-0.05, 0) is 38.5 Å². The number of aliphatic hydroxyl groups is 1. The van der Waals surface area contributed by atoms with Crippen LogP contribution < -0.4 is 5.32 Å². The largest absolute Gasteiger partial charge is 0.472 e. The lowest BCUT2D eigenvalue weighted by atomic mass is 10.0. The highest BCUT2D eigenvalue weighted by molar-refractivity contribution is 7.47. The first-order chi connectivity index (χ1) is 35.0. The van der Waals surface area contributed by atoms with Crippen molar-refractivity contribution in [1.29, 1.82) is 0 Å². The van der Waals surface area contributed by atoms with Gasteiger partial charge >= 0.3 is 7.82 Å². The molecule has 0 aliphatic heterocycles. The van der Waals surface area contributed by atoms with E-state index < -0.39 is 20.0 Å². The SMILES string of the molecule is CCCCCCCCC/C=C\CCCCCCCCCC(=O)NC(COP(=O)(O)OCC[N+](C)(C)C)C(O)CCCCCCCCCCCCCCCCCCCCCCCCCCCCCCCCCC. The normalized spacial score (nSPS) is 13.8. The Bertz CT molecular complexity index is 1180. The minimum Gasteiger partial charge on any atom is -0.391 e. The number of likely N-dealkylation sites (N-methyl/N-ethyl adjacent to an activating group) is 1. The molecule has 0 aliphatic carbocycles. The Morgan fingerprint density at radius 1 is 0.458 bits per heavy atom. The maximum Gasteiger partial charge on any atom is 0.472 e. The van der Waals surface area contributed by atoms with Gasteiger partial charge in [0.05, 0.1) is 39.9 Å². The van der Waals surface area contributed by atoms with Crippen LogP contribution >= 0.6 is 7.82 Å². The number of quaternary nitrogens is 1. The summed E-state index contributed by atoms with van der Waals surface area (Å²) < 4.78 is 23.8. The molecule has 0 aromatic rings. The van der Waals surface area contributed by atoms with E-state index in [4.69, 9.17) is 9.05 Å². The van der Waals surface area contributed by atoms with Crippen LogP contribution in [0.1, 0.15) is 335 Å². The fourth-order valence-corrected chi connectivity index (χ4v) is 10.7. The molecule has 0 rings (SSSR count). The summed E-state index contributed by atoms with van der Waals surface area (Å²) in [7, 11) is 1.63. The van der Waals surface area contributed by atoms with E-state index >= 15 is 0 Å². The first-order valence-electron chi connectivity index (χ1n) is 32.1. The van der Waals surface area contributed by atoms with Crippen molar-refractivity contribution in [2.24, 2.45) is 0 Å². The maximum absolute atomic E-state index is 13.0. The first-order valence-corrected chi connectivity index (χ1v) is 33.5. The number of nitrogens with zero attached hydrogens (tertiary/aromatic N) is 1. The van der Waals surface area contributed by atoms with E-state index in [0.29, 0.717) is 23.9 Å². The Kier molecular flexibility index (Phi) is 54.4. The van der Waals surface area contributed by atoms with E-state index in [1.807, 2.05) is 21.1 Å². The molecule has 0 heterocycles. The van der Waals surface area contributed by atoms with Crippen molar-refractivity contribution in [3.63, 3.8) is 0 Å². The minimum absolute atomic E-state index is 0.0764. The molecule has 3 N–H and O–H groups in total. The van der Waals surface area contributed by atoms with Crippen LogP contribution in [0.3, 0.4) is 0 Å². The van der Waals surface area contributed by atoms with E-state index in [1.54, 1.807) is 0 Å². The molecule has 0 aromatic carbocycles. The number of hydrogen-bond donors (Lipinski definition) is 3. The van der Waals surface area contributed by atoms with Gasteiger partial charge < -0.3 is 19.8 Å². The van der Waals surface area contributed by atoms with Crippen molar-refractivity contribution in [3.8, 4) is 0 Å². The molecular formula is C63H128N2O6P+. The topological polar surface area (TPSA) is 105 Å². The predicted octanol–water partition coefficient (Wildman–Crippen LogP) is 19.8. The van der Waals surface area contributed by atoms with Crippen molar-refractivity contribution < 1.29 is 32.9 Å². The average Bonchev–Trinajstić information content (AvgIpc) is 3.34. The molecule has 0 bridgehead atoms. The minimum atomic E-state index is -4.32. The molecule has 3 atom stereocenters. The van der Waals surface area contributed by atoms with Crippen LogP contribution in [0.4, 0.5) is 0 Å². The third kappa shape index (κ3) is 57.0. The van der Waals surface area contributed by atoms with E-state index in [0.717, 1.165) is 38.5 Å². The Morgan fingerprint density at radius 3 is 1.07 bits per heavy atom. The highest BCUT2D eigenvalue weighted by atomic mass is 31.2. The average molecular weight is 1040 g/mol. The first kappa shape index (κ1) is 71.2. The number of carbonyl (C=O) groups is 1. The highest BCUT2D eigenvalue weighted by Gasteiger charge is 2.28. The zero-order valence-electron chi connectivity index (χ0n) is 49.2. The van der Waals surface area contributed by atoms with Gasteiger partial charge in [0.1, 0.15) is 13.2 Å². The molecule has 72 heavy (non-hydrogen) atoms. The fraction of sp³-hybridized carbons (Fsp3) is 0.952. The van der Waals surface area contributed by atoms with Crippen molar-refractivity contribution in [3.05, 3.63) is 12.2 Å². The van der Waals surface area contributed by atoms with E-state index in [-0.39, 0.29) is 19.1 Å². The van der Waals surface area contributed by atoms with Gasteiger partial charge in [0.2, 0.25) is 5.91 Å². The number of amides is 1. The Balaban J connectivity index is 4.00. The van der Waals surface area contributed by atoms with Crippen LogP contribution in [0.2, 0.25) is 0 Å². The number of allylic oxidation sites excluding steroid dienone is 2. The van der Waals surface area contributed by atoms with Gasteiger partial charge in [-0.3, -0.25) is 13.8 Å². The summed E-state index contributed by atoms with van der Waals surface area (Å²) in [5.41, 5.74) is 0. The van der Waals surface area contributed by atoms with Gasteiger partial charge in [0.15, 0.2) is 0 Å². The van der Waals surface area contributed by atoms with Gasteiger partial charge in [0.25, 0.3) is 0 Å². The molecular weight excluding hydrogens is 912 g/mol. The van der Waals surface area contributed by atoms with Crippen LogP contribution in [0, 0.1) is 0 Å². The predicted molar refractivity (Wildman–Crippen MR) is 314 cm³/mol. The van der Waals surface area contributed by atoms with Crippen molar-refractivity contribution in [2.45, 2.75) is 347 Å². The van der Waals surface area contributed by atoms with Gasteiger partial charge in [-0.1, -0.05) is 302 Å². The molecule has 0 spiro atoms. The van der Waals surface area contributed by atoms with Crippen molar-refractivity contribution in [2.75, 3.05) is 40.9 Å². The molecule has 0 aromatic heterocycles. The summed E-state index contributed by atoms with van der Waals surface area (Å²) in [4.78, 5) is 23.4. The molecule has 9 heteroatoms. The fourth-order valence-electron chi connectivity index (χ4n) is 9.99. The van der Waals surface area contributed by atoms with Crippen LogP contribution in [-0.4, -0.2) is 73.4 Å². The Hall–Kier alpha value is -0.760. The van der Waals surface area contributed by atoms with Crippen molar-refractivity contribution in [1.82, 2.24) is 5.32 Å². The lowest BCUT2D eigenvalue weighted by Gasteiger charge is -2.26. The maximum atomic E-state index is 13.0. The van der Waals surface area contributed by atoms with E-state index in [2.05, 4.69) is 31.3 Å².